The molecule has 1 heterocycles. The van der Waals surface area contributed by atoms with Crippen molar-refractivity contribution in [1.29, 1.82) is 0 Å². The highest BCUT2D eigenvalue weighted by molar-refractivity contribution is 7.15. The summed E-state index contributed by atoms with van der Waals surface area (Å²) in [6, 6.07) is 0.309. The molecule has 2 rings (SSSR count). The fourth-order valence-electron chi connectivity index (χ4n) is 1.60. The molecule has 1 aromatic heterocycles. The van der Waals surface area contributed by atoms with Crippen LogP contribution in [0.15, 0.2) is 0 Å². The highest BCUT2D eigenvalue weighted by Gasteiger charge is 2.19. The van der Waals surface area contributed by atoms with Crippen LogP contribution in [0.5, 0.6) is 0 Å². The van der Waals surface area contributed by atoms with E-state index in [0.29, 0.717) is 12.6 Å². The molecule has 4 heteroatoms. The molecule has 1 aliphatic carbocycles. The molecule has 1 aliphatic rings. The standard InChI is InChI=1S/C10H13N3S/c1-2-5-12-10-13-8-4-3-7(11)6-9(8)14-10/h1,7H,3-6,11H2,(H,12,13)/t7-/m0/s1. The minimum atomic E-state index is 0.309. The van der Waals surface area contributed by atoms with Crippen molar-refractivity contribution in [2.24, 2.45) is 5.73 Å². The second-order valence-electron chi connectivity index (χ2n) is 3.45. The number of fused-ring (bicyclic) bond motifs is 1. The fourth-order valence-corrected chi connectivity index (χ4v) is 2.70. The van der Waals surface area contributed by atoms with Gasteiger partial charge in [-0.2, -0.15) is 0 Å². The van der Waals surface area contributed by atoms with Gasteiger partial charge in [0.2, 0.25) is 0 Å². The molecule has 0 spiro atoms. The van der Waals surface area contributed by atoms with Crippen molar-refractivity contribution in [2.75, 3.05) is 11.9 Å². The number of aromatic nitrogens is 1. The smallest absolute Gasteiger partial charge is 0.183 e. The lowest BCUT2D eigenvalue weighted by Crippen LogP contribution is -2.26. The molecule has 0 aromatic carbocycles. The maximum Gasteiger partial charge on any atom is 0.183 e. The largest absolute Gasteiger partial charge is 0.351 e. The van der Waals surface area contributed by atoms with Crippen molar-refractivity contribution < 1.29 is 0 Å². The number of aryl methyl sites for hydroxylation is 1. The van der Waals surface area contributed by atoms with E-state index in [1.54, 1.807) is 11.3 Å². The van der Waals surface area contributed by atoms with E-state index in [4.69, 9.17) is 12.2 Å². The van der Waals surface area contributed by atoms with Crippen LogP contribution < -0.4 is 11.1 Å². The van der Waals surface area contributed by atoms with Crippen LogP contribution in [0.3, 0.4) is 0 Å². The highest BCUT2D eigenvalue weighted by atomic mass is 32.1. The number of hydrogen-bond acceptors (Lipinski definition) is 4. The van der Waals surface area contributed by atoms with Gasteiger partial charge in [-0.05, 0) is 19.3 Å². The number of thiazole rings is 1. The molecule has 0 aliphatic heterocycles. The van der Waals surface area contributed by atoms with E-state index >= 15 is 0 Å². The molecule has 0 fully saturated rings. The summed E-state index contributed by atoms with van der Waals surface area (Å²) in [7, 11) is 0. The first-order chi connectivity index (χ1) is 6.79. The second-order valence-corrected chi connectivity index (χ2v) is 4.53. The summed E-state index contributed by atoms with van der Waals surface area (Å²) in [5, 5.41) is 4.03. The summed E-state index contributed by atoms with van der Waals surface area (Å²) < 4.78 is 0. The number of nitrogens with zero attached hydrogens (tertiary/aromatic N) is 1. The third kappa shape index (κ3) is 1.89. The van der Waals surface area contributed by atoms with E-state index in [2.05, 4.69) is 16.2 Å². The molecule has 3 N–H and O–H groups in total. The van der Waals surface area contributed by atoms with Gasteiger partial charge in [0.1, 0.15) is 0 Å². The molecule has 14 heavy (non-hydrogen) atoms. The van der Waals surface area contributed by atoms with Gasteiger partial charge >= 0.3 is 0 Å². The van der Waals surface area contributed by atoms with Gasteiger partial charge in [-0.25, -0.2) is 4.98 Å². The van der Waals surface area contributed by atoms with Crippen LogP contribution in [-0.4, -0.2) is 17.6 Å². The SMILES string of the molecule is C#CCNc1nc2c(s1)C[C@@H](N)CC2. The second kappa shape index (κ2) is 3.99. The predicted octanol–water partition coefficient (Wildman–Crippen LogP) is 1.00. The van der Waals surface area contributed by atoms with E-state index < -0.39 is 0 Å². The molecule has 0 amide bonds. The van der Waals surface area contributed by atoms with Gasteiger partial charge in [-0.3, -0.25) is 0 Å². The molecule has 0 radical (unpaired) electrons. The molecule has 1 atom stereocenters. The van der Waals surface area contributed by atoms with Crippen LogP contribution in [0.4, 0.5) is 5.13 Å². The molecule has 74 valence electrons. The van der Waals surface area contributed by atoms with E-state index in [9.17, 15) is 0 Å². The first-order valence-corrected chi connectivity index (χ1v) is 5.52. The summed E-state index contributed by atoms with van der Waals surface area (Å²) in [6.07, 6.45) is 8.18. The molecular weight excluding hydrogens is 194 g/mol. The summed E-state index contributed by atoms with van der Waals surface area (Å²) >= 11 is 1.68. The summed E-state index contributed by atoms with van der Waals surface area (Å²) in [5.74, 6) is 2.54. The maximum absolute atomic E-state index is 5.89. The minimum absolute atomic E-state index is 0.309. The van der Waals surface area contributed by atoms with E-state index in [0.717, 1.165) is 24.4 Å². The van der Waals surface area contributed by atoms with Crippen molar-refractivity contribution in [2.45, 2.75) is 25.3 Å². The van der Waals surface area contributed by atoms with Crippen LogP contribution in [0.25, 0.3) is 0 Å². The third-order valence-electron chi connectivity index (χ3n) is 2.32. The lowest BCUT2D eigenvalue weighted by molar-refractivity contribution is 0.576. The Kier molecular flexibility index (Phi) is 2.71. The Morgan fingerprint density at radius 1 is 1.71 bits per heavy atom. The quantitative estimate of drug-likeness (QED) is 0.711. The van der Waals surface area contributed by atoms with Crippen molar-refractivity contribution in [3.8, 4) is 12.3 Å². The Bertz CT molecular complexity index is 364. The number of anilines is 1. The molecule has 1 aromatic rings. The van der Waals surface area contributed by atoms with Crippen molar-refractivity contribution in [3.05, 3.63) is 10.6 Å². The minimum Gasteiger partial charge on any atom is -0.351 e. The van der Waals surface area contributed by atoms with Gasteiger partial charge in [0.05, 0.1) is 12.2 Å². The van der Waals surface area contributed by atoms with Gasteiger partial charge in [0.25, 0.3) is 0 Å². The van der Waals surface area contributed by atoms with Crippen LogP contribution in [0.2, 0.25) is 0 Å². The Balaban J connectivity index is 2.12. The van der Waals surface area contributed by atoms with E-state index in [1.165, 1.54) is 10.6 Å². The number of nitrogens with one attached hydrogen (secondary N) is 1. The molecular formula is C10H13N3S. The zero-order chi connectivity index (χ0) is 9.97. The average Bonchev–Trinajstić information content (AvgIpc) is 2.56. The number of terminal acetylenes is 1. The molecule has 0 bridgehead atoms. The van der Waals surface area contributed by atoms with Crippen molar-refractivity contribution in [1.82, 2.24) is 4.98 Å². The summed E-state index contributed by atoms with van der Waals surface area (Å²) in [5.41, 5.74) is 7.09. The topological polar surface area (TPSA) is 50.9 Å². The predicted molar refractivity (Wildman–Crippen MR) is 59.4 cm³/mol. The first-order valence-electron chi connectivity index (χ1n) is 4.71. The van der Waals surface area contributed by atoms with Crippen molar-refractivity contribution >= 4 is 16.5 Å². The summed E-state index contributed by atoms with van der Waals surface area (Å²) in [4.78, 5) is 5.80. The average molecular weight is 207 g/mol. The van der Waals surface area contributed by atoms with Crippen LogP contribution in [0.1, 0.15) is 17.0 Å². The van der Waals surface area contributed by atoms with Crippen LogP contribution >= 0.6 is 11.3 Å². The lowest BCUT2D eigenvalue weighted by atomic mass is 9.99. The number of hydrogen-bond donors (Lipinski definition) is 2. The van der Waals surface area contributed by atoms with E-state index in [-0.39, 0.29) is 0 Å². The first kappa shape index (κ1) is 9.50. The summed E-state index contributed by atoms with van der Waals surface area (Å²) in [6.45, 7) is 0.540. The highest BCUT2D eigenvalue weighted by Crippen LogP contribution is 2.28. The van der Waals surface area contributed by atoms with E-state index in [1.807, 2.05) is 0 Å². The van der Waals surface area contributed by atoms with Crippen LogP contribution in [0, 0.1) is 12.3 Å². The number of nitrogens with two attached hydrogens (primary N) is 1. The fraction of sp³-hybridized carbons (Fsp3) is 0.500. The Morgan fingerprint density at radius 3 is 3.36 bits per heavy atom. The normalized spacial score (nSPS) is 19.9. The maximum atomic E-state index is 5.89. The Hall–Kier alpha value is -1.05. The monoisotopic (exact) mass is 207 g/mol. The van der Waals surface area contributed by atoms with Gasteiger partial charge in [0.15, 0.2) is 5.13 Å². The Labute approximate surface area is 87.7 Å². The van der Waals surface area contributed by atoms with Crippen molar-refractivity contribution in [3.63, 3.8) is 0 Å². The zero-order valence-electron chi connectivity index (χ0n) is 7.92. The van der Waals surface area contributed by atoms with Gasteiger partial charge in [-0.1, -0.05) is 5.92 Å². The van der Waals surface area contributed by atoms with Gasteiger partial charge < -0.3 is 11.1 Å². The lowest BCUT2D eigenvalue weighted by Gasteiger charge is -2.15. The molecule has 3 nitrogen and oxygen atoms in total. The van der Waals surface area contributed by atoms with Gasteiger partial charge in [0, 0.05) is 10.9 Å². The van der Waals surface area contributed by atoms with Crippen LogP contribution in [-0.2, 0) is 12.8 Å². The molecule has 0 unspecified atom stereocenters. The Morgan fingerprint density at radius 2 is 2.57 bits per heavy atom. The van der Waals surface area contributed by atoms with Gasteiger partial charge in [-0.15, -0.1) is 17.8 Å². The molecule has 0 saturated heterocycles. The third-order valence-corrected chi connectivity index (χ3v) is 3.40. The molecule has 0 saturated carbocycles. The number of rotatable bonds is 2. The zero-order valence-corrected chi connectivity index (χ0v) is 8.73.